The van der Waals surface area contributed by atoms with E-state index in [0.29, 0.717) is 5.56 Å². The molecule has 1 unspecified atom stereocenters. The molecule has 0 radical (unpaired) electrons. The minimum absolute atomic E-state index is 0.00672. The molecule has 0 aliphatic carbocycles. The van der Waals surface area contributed by atoms with E-state index < -0.39 is 0 Å². The fourth-order valence-corrected chi connectivity index (χ4v) is 3.27. The van der Waals surface area contributed by atoms with Crippen LogP contribution >= 0.6 is 11.8 Å². The molecule has 2 aromatic rings. The van der Waals surface area contributed by atoms with Gasteiger partial charge in [0.2, 0.25) is 0 Å². The van der Waals surface area contributed by atoms with Gasteiger partial charge in [0.25, 0.3) is 5.91 Å². The average molecular weight is 296 g/mol. The number of hydrogen-bond donors (Lipinski definition) is 0. The summed E-state index contributed by atoms with van der Waals surface area (Å²) in [5.74, 6) is 0.00672. The summed E-state index contributed by atoms with van der Waals surface area (Å²) in [7, 11) is 1.84. The van der Waals surface area contributed by atoms with Crippen LogP contribution in [-0.4, -0.2) is 29.2 Å². The second-order valence-electron chi connectivity index (χ2n) is 4.90. The van der Waals surface area contributed by atoms with E-state index in [1.807, 2.05) is 67.9 Å². The van der Waals surface area contributed by atoms with Crippen molar-refractivity contribution in [2.45, 2.75) is 6.04 Å². The van der Waals surface area contributed by atoms with Crippen LogP contribution in [0.1, 0.15) is 22.0 Å². The van der Waals surface area contributed by atoms with Crippen LogP contribution in [0.2, 0.25) is 0 Å². The van der Waals surface area contributed by atoms with Crippen molar-refractivity contribution in [3.8, 4) is 0 Å². The Morgan fingerprint density at radius 2 is 1.71 bits per heavy atom. The maximum Gasteiger partial charge on any atom is 0.256 e. The quantitative estimate of drug-likeness (QED) is 0.799. The molecule has 106 valence electrons. The predicted molar refractivity (Wildman–Crippen MR) is 88.3 cm³/mol. The van der Waals surface area contributed by atoms with Crippen molar-refractivity contribution in [1.82, 2.24) is 4.90 Å². The molecule has 1 aliphatic rings. The second kappa shape index (κ2) is 5.74. The summed E-state index contributed by atoms with van der Waals surface area (Å²) in [6.07, 6.45) is 2.00. The van der Waals surface area contributed by atoms with Gasteiger partial charge in [0.15, 0.2) is 0 Å². The minimum atomic E-state index is -0.138. The van der Waals surface area contributed by atoms with Gasteiger partial charge < -0.3 is 4.90 Å². The number of amides is 1. The van der Waals surface area contributed by atoms with Gasteiger partial charge in [0.05, 0.1) is 11.3 Å². The minimum Gasteiger partial charge on any atom is -0.328 e. The summed E-state index contributed by atoms with van der Waals surface area (Å²) in [6.45, 7) is 0. The number of benzene rings is 2. The summed E-state index contributed by atoms with van der Waals surface area (Å²) >= 11 is 1.59. The molecule has 0 N–H and O–H groups in total. The first-order valence-corrected chi connectivity index (χ1v) is 7.98. The van der Waals surface area contributed by atoms with Gasteiger partial charge in [-0.2, -0.15) is 0 Å². The van der Waals surface area contributed by atoms with Crippen LogP contribution in [0.25, 0.3) is 0 Å². The zero-order valence-electron chi connectivity index (χ0n) is 12.0. The lowest BCUT2D eigenvalue weighted by molar-refractivity contribution is 0.0774. The van der Waals surface area contributed by atoms with E-state index in [2.05, 4.69) is 0 Å². The predicted octanol–water partition coefficient (Wildman–Crippen LogP) is 3.91. The van der Waals surface area contributed by atoms with Crippen LogP contribution in [0.3, 0.4) is 0 Å². The SMILES string of the molecule is CSC1=Nc2ccccc2C(=O)N(C)C1c1ccccc1. The number of rotatable bonds is 1. The van der Waals surface area contributed by atoms with Crippen molar-refractivity contribution in [3.63, 3.8) is 0 Å². The van der Waals surface area contributed by atoms with Gasteiger partial charge >= 0.3 is 0 Å². The van der Waals surface area contributed by atoms with Crippen molar-refractivity contribution in [2.75, 3.05) is 13.3 Å². The van der Waals surface area contributed by atoms with Gasteiger partial charge in [-0.05, 0) is 24.0 Å². The summed E-state index contributed by atoms with van der Waals surface area (Å²) in [6, 6.07) is 17.4. The van der Waals surface area contributed by atoms with E-state index in [-0.39, 0.29) is 11.9 Å². The first-order chi connectivity index (χ1) is 10.2. The van der Waals surface area contributed by atoms with Crippen molar-refractivity contribution >= 4 is 28.4 Å². The van der Waals surface area contributed by atoms with E-state index >= 15 is 0 Å². The molecule has 3 rings (SSSR count). The highest BCUT2D eigenvalue weighted by molar-refractivity contribution is 8.13. The molecule has 4 heteroatoms. The fraction of sp³-hybridized carbons (Fsp3) is 0.176. The molecule has 1 atom stereocenters. The lowest BCUT2D eigenvalue weighted by Crippen LogP contribution is -2.33. The topological polar surface area (TPSA) is 32.7 Å². The summed E-state index contributed by atoms with van der Waals surface area (Å²) in [4.78, 5) is 19.2. The van der Waals surface area contributed by atoms with Crippen LogP contribution in [0.15, 0.2) is 59.6 Å². The molecule has 3 nitrogen and oxygen atoms in total. The standard InChI is InChI=1S/C17H16N2OS/c1-19-15(12-8-4-3-5-9-12)16(21-2)18-14-11-7-6-10-13(14)17(19)20/h3-11,15H,1-2H3. The number of carbonyl (C=O) groups is 1. The van der Waals surface area contributed by atoms with Gasteiger partial charge in [0.1, 0.15) is 11.1 Å². The van der Waals surface area contributed by atoms with Crippen molar-refractivity contribution in [1.29, 1.82) is 0 Å². The lowest BCUT2D eigenvalue weighted by atomic mass is 10.1. The normalized spacial score (nSPS) is 18.0. The lowest BCUT2D eigenvalue weighted by Gasteiger charge is -2.27. The van der Waals surface area contributed by atoms with Crippen LogP contribution in [0.4, 0.5) is 5.69 Å². The number of hydrogen-bond acceptors (Lipinski definition) is 3. The maximum atomic E-state index is 12.7. The molecule has 2 aromatic carbocycles. The zero-order valence-corrected chi connectivity index (χ0v) is 12.8. The van der Waals surface area contributed by atoms with Crippen LogP contribution < -0.4 is 0 Å². The molecule has 0 bridgehead atoms. The Balaban J connectivity index is 2.17. The monoisotopic (exact) mass is 296 g/mol. The van der Waals surface area contributed by atoms with Crippen LogP contribution in [-0.2, 0) is 0 Å². The molecule has 0 aromatic heterocycles. The largest absolute Gasteiger partial charge is 0.328 e. The number of carbonyl (C=O) groups excluding carboxylic acids is 1. The molecular weight excluding hydrogens is 280 g/mol. The average Bonchev–Trinajstić information content (AvgIpc) is 2.64. The molecule has 1 aliphatic heterocycles. The molecule has 21 heavy (non-hydrogen) atoms. The van der Waals surface area contributed by atoms with Crippen molar-refractivity contribution in [3.05, 3.63) is 65.7 Å². The highest BCUT2D eigenvalue weighted by atomic mass is 32.2. The van der Waals surface area contributed by atoms with Gasteiger partial charge in [0, 0.05) is 7.05 Å². The first-order valence-electron chi connectivity index (χ1n) is 6.76. The first kappa shape index (κ1) is 13.9. The smallest absolute Gasteiger partial charge is 0.256 e. The Bertz CT molecular complexity index is 697. The molecular formula is C17H16N2OS. The molecule has 1 amide bonds. The number of thioether (sulfide) groups is 1. The van der Waals surface area contributed by atoms with Gasteiger partial charge in [-0.1, -0.05) is 42.5 Å². The summed E-state index contributed by atoms with van der Waals surface area (Å²) in [5, 5.41) is 0.932. The van der Waals surface area contributed by atoms with Gasteiger partial charge in [-0.3, -0.25) is 4.79 Å². The Hall–Kier alpha value is -2.07. The van der Waals surface area contributed by atoms with Crippen molar-refractivity contribution in [2.24, 2.45) is 4.99 Å². The third-order valence-corrected chi connectivity index (χ3v) is 4.36. The third-order valence-electron chi connectivity index (χ3n) is 3.63. The van der Waals surface area contributed by atoms with Crippen LogP contribution in [0.5, 0.6) is 0 Å². The Morgan fingerprint density at radius 3 is 2.43 bits per heavy atom. The molecule has 0 saturated carbocycles. The molecule has 0 fully saturated rings. The number of fused-ring (bicyclic) bond motifs is 1. The Labute approximate surface area is 128 Å². The van der Waals surface area contributed by atoms with Crippen molar-refractivity contribution < 1.29 is 4.79 Å². The zero-order chi connectivity index (χ0) is 14.8. The van der Waals surface area contributed by atoms with E-state index in [9.17, 15) is 4.79 Å². The van der Waals surface area contributed by atoms with Gasteiger partial charge in [-0.25, -0.2) is 4.99 Å². The molecule has 0 spiro atoms. The Kier molecular flexibility index (Phi) is 3.80. The van der Waals surface area contributed by atoms with E-state index in [1.165, 1.54) is 0 Å². The Morgan fingerprint density at radius 1 is 1.05 bits per heavy atom. The highest BCUT2D eigenvalue weighted by Gasteiger charge is 2.31. The summed E-state index contributed by atoms with van der Waals surface area (Å²) < 4.78 is 0. The highest BCUT2D eigenvalue weighted by Crippen LogP contribution is 2.34. The third kappa shape index (κ3) is 2.47. The number of aliphatic imine (C=N–C) groups is 1. The number of nitrogens with zero attached hydrogens (tertiary/aromatic N) is 2. The van der Waals surface area contributed by atoms with E-state index in [4.69, 9.17) is 4.99 Å². The number of para-hydroxylation sites is 1. The van der Waals surface area contributed by atoms with E-state index in [0.717, 1.165) is 16.3 Å². The van der Waals surface area contributed by atoms with Crippen LogP contribution in [0, 0.1) is 0 Å². The molecule has 1 heterocycles. The maximum absolute atomic E-state index is 12.7. The second-order valence-corrected chi connectivity index (χ2v) is 5.73. The molecule has 0 saturated heterocycles. The fourth-order valence-electron chi connectivity index (χ4n) is 2.56. The van der Waals surface area contributed by atoms with Gasteiger partial charge in [-0.15, -0.1) is 11.8 Å². The van der Waals surface area contributed by atoms with E-state index in [1.54, 1.807) is 16.7 Å². The summed E-state index contributed by atoms with van der Waals surface area (Å²) in [5.41, 5.74) is 2.48.